The Hall–Kier alpha value is -2.06. The Bertz CT molecular complexity index is 727. The third-order valence-electron chi connectivity index (χ3n) is 3.19. The molecule has 20 heavy (non-hydrogen) atoms. The van der Waals surface area contributed by atoms with Crippen LogP contribution in [0.5, 0.6) is 5.75 Å². The van der Waals surface area contributed by atoms with E-state index in [2.05, 4.69) is 35.2 Å². The van der Waals surface area contributed by atoms with Gasteiger partial charge in [0.25, 0.3) is 0 Å². The molecule has 0 bridgehead atoms. The standard InChI is InChI=1S/C17H15ClNO/c18-16-7-3-4-8-17(16)20-12-11-19-10-9-14-5-1-2-6-15(14)13-19/h1-10,13H,11-12H2/q+1. The summed E-state index contributed by atoms with van der Waals surface area (Å²) in [4.78, 5) is 0. The maximum absolute atomic E-state index is 6.05. The lowest BCUT2D eigenvalue weighted by molar-refractivity contribution is -0.696. The van der Waals surface area contributed by atoms with Crippen LogP contribution in [0.3, 0.4) is 0 Å². The van der Waals surface area contributed by atoms with Gasteiger partial charge in [-0.15, -0.1) is 0 Å². The Labute approximate surface area is 123 Å². The van der Waals surface area contributed by atoms with Gasteiger partial charge in [0, 0.05) is 11.5 Å². The van der Waals surface area contributed by atoms with Gasteiger partial charge in [-0.3, -0.25) is 0 Å². The maximum atomic E-state index is 6.05. The predicted molar refractivity (Wildman–Crippen MR) is 81.1 cm³/mol. The molecule has 3 aromatic rings. The largest absolute Gasteiger partial charge is 0.485 e. The van der Waals surface area contributed by atoms with Crippen molar-refractivity contribution >= 4 is 22.4 Å². The normalized spacial score (nSPS) is 10.7. The summed E-state index contributed by atoms with van der Waals surface area (Å²) in [6.07, 6.45) is 4.20. The van der Waals surface area contributed by atoms with Crippen LogP contribution in [0.2, 0.25) is 5.02 Å². The number of pyridine rings is 1. The van der Waals surface area contributed by atoms with Gasteiger partial charge in [-0.25, -0.2) is 4.57 Å². The first-order valence-electron chi connectivity index (χ1n) is 6.58. The van der Waals surface area contributed by atoms with E-state index in [1.807, 2.05) is 36.4 Å². The van der Waals surface area contributed by atoms with Gasteiger partial charge in [-0.05, 0) is 23.6 Å². The van der Waals surface area contributed by atoms with Gasteiger partial charge in [0.2, 0.25) is 0 Å². The van der Waals surface area contributed by atoms with Crippen molar-refractivity contribution in [2.24, 2.45) is 0 Å². The minimum atomic E-state index is 0.590. The molecule has 0 saturated carbocycles. The lowest BCUT2D eigenvalue weighted by Gasteiger charge is -2.05. The molecule has 0 aliphatic heterocycles. The minimum absolute atomic E-state index is 0.590. The van der Waals surface area contributed by atoms with Crippen molar-refractivity contribution in [1.82, 2.24) is 0 Å². The zero-order valence-corrected chi connectivity index (χ0v) is 11.8. The Morgan fingerprint density at radius 2 is 1.65 bits per heavy atom. The lowest BCUT2D eigenvalue weighted by atomic mass is 10.2. The molecule has 1 heterocycles. The number of aromatic nitrogens is 1. The summed E-state index contributed by atoms with van der Waals surface area (Å²) in [5.41, 5.74) is 0. The Morgan fingerprint density at radius 3 is 2.50 bits per heavy atom. The molecule has 3 heteroatoms. The second kappa shape index (κ2) is 5.93. The second-order valence-electron chi connectivity index (χ2n) is 4.59. The molecule has 0 N–H and O–H groups in total. The summed E-state index contributed by atoms with van der Waals surface area (Å²) < 4.78 is 7.82. The molecule has 0 saturated heterocycles. The number of hydrogen-bond donors (Lipinski definition) is 0. The highest BCUT2D eigenvalue weighted by Crippen LogP contribution is 2.22. The van der Waals surface area contributed by atoms with E-state index < -0.39 is 0 Å². The van der Waals surface area contributed by atoms with E-state index >= 15 is 0 Å². The van der Waals surface area contributed by atoms with Crippen LogP contribution in [0.4, 0.5) is 0 Å². The molecule has 0 fully saturated rings. The molecule has 0 aliphatic carbocycles. The van der Waals surface area contributed by atoms with Crippen LogP contribution in [0.25, 0.3) is 10.8 Å². The van der Waals surface area contributed by atoms with Gasteiger partial charge < -0.3 is 4.74 Å². The molecule has 0 aliphatic rings. The molecule has 0 spiro atoms. The van der Waals surface area contributed by atoms with Crippen molar-refractivity contribution in [3.63, 3.8) is 0 Å². The Kier molecular flexibility index (Phi) is 3.84. The Morgan fingerprint density at radius 1 is 0.900 bits per heavy atom. The van der Waals surface area contributed by atoms with E-state index in [-0.39, 0.29) is 0 Å². The van der Waals surface area contributed by atoms with Crippen LogP contribution >= 0.6 is 11.6 Å². The molecule has 0 radical (unpaired) electrons. The highest BCUT2D eigenvalue weighted by Gasteiger charge is 2.04. The van der Waals surface area contributed by atoms with Crippen molar-refractivity contribution < 1.29 is 9.30 Å². The van der Waals surface area contributed by atoms with E-state index in [1.165, 1.54) is 10.8 Å². The zero-order valence-electron chi connectivity index (χ0n) is 11.0. The number of fused-ring (bicyclic) bond motifs is 1. The Balaban J connectivity index is 1.67. The number of benzene rings is 2. The van der Waals surface area contributed by atoms with E-state index in [4.69, 9.17) is 16.3 Å². The quantitative estimate of drug-likeness (QED) is 0.663. The fraction of sp³-hybridized carbons (Fsp3) is 0.118. The van der Waals surface area contributed by atoms with Crippen molar-refractivity contribution in [3.05, 3.63) is 72.0 Å². The van der Waals surface area contributed by atoms with Crippen molar-refractivity contribution in [2.75, 3.05) is 6.61 Å². The van der Waals surface area contributed by atoms with Crippen LogP contribution in [-0.4, -0.2) is 6.61 Å². The molecule has 3 rings (SSSR count). The predicted octanol–water partition coefficient (Wildman–Crippen LogP) is 3.86. The molecule has 0 atom stereocenters. The molecule has 2 aromatic carbocycles. The van der Waals surface area contributed by atoms with Gasteiger partial charge in [0.1, 0.15) is 12.4 Å². The third kappa shape index (κ3) is 2.91. The van der Waals surface area contributed by atoms with E-state index in [0.29, 0.717) is 11.6 Å². The zero-order chi connectivity index (χ0) is 13.8. The van der Waals surface area contributed by atoms with E-state index in [9.17, 15) is 0 Å². The number of hydrogen-bond acceptors (Lipinski definition) is 1. The van der Waals surface area contributed by atoms with Gasteiger partial charge in [0.05, 0.1) is 5.02 Å². The summed E-state index contributed by atoms with van der Waals surface area (Å²) in [5.74, 6) is 0.732. The fourth-order valence-corrected chi connectivity index (χ4v) is 2.33. The number of nitrogens with zero attached hydrogens (tertiary/aromatic N) is 1. The van der Waals surface area contributed by atoms with Gasteiger partial charge >= 0.3 is 0 Å². The molecule has 2 nitrogen and oxygen atoms in total. The van der Waals surface area contributed by atoms with Crippen LogP contribution in [0.15, 0.2) is 67.0 Å². The number of ether oxygens (including phenoxy) is 1. The van der Waals surface area contributed by atoms with Crippen molar-refractivity contribution in [3.8, 4) is 5.75 Å². The average Bonchev–Trinajstić information content (AvgIpc) is 2.49. The maximum Gasteiger partial charge on any atom is 0.182 e. The SMILES string of the molecule is Clc1ccccc1OCC[n+]1ccc2ccccc2c1. The van der Waals surface area contributed by atoms with Gasteiger partial charge in [-0.1, -0.05) is 41.9 Å². The summed E-state index contributed by atoms with van der Waals surface area (Å²) in [7, 11) is 0. The van der Waals surface area contributed by atoms with E-state index in [0.717, 1.165) is 12.3 Å². The first-order valence-corrected chi connectivity index (χ1v) is 6.96. The smallest absolute Gasteiger partial charge is 0.182 e. The number of rotatable bonds is 4. The minimum Gasteiger partial charge on any atom is -0.485 e. The molecular weight excluding hydrogens is 270 g/mol. The molecular formula is C17H15ClNO+. The average molecular weight is 285 g/mol. The fourth-order valence-electron chi connectivity index (χ4n) is 2.14. The summed E-state index contributed by atoms with van der Waals surface area (Å²) >= 11 is 6.05. The first-order chi connectivity index (χ1) is 9.83. The van der Waals surface area contributed by atoms with Gasteiger partial charge in [0.15, 0.2) is 18.9 Å². The van der Waals surface area contributed by atoms with Crippen LogP contribution < -0.4 is 9.30 Å². The second-order valence-corrected chi connectivity index (χ2v) is 5.00. The molecule has 1 aromatic heterocycles. The molecule has 100 valence electrons. The first kappa shape index (κ1) is 12.9. The highest BCUT2D eigenvalue weighted by atomic mass is 35.5. The monoisotopic (exact) mass is 284 g/mol. The number of para-hydroxylation sites is 1. The van der Waals surface area contributed by atoms with Crippen molar-refractivity contribution in [2.45, 2.75) is 6.54 Å². The van der Waals surface area contributed by atoms with Crippen LogP contribution in [0, 0.1) is 0 Å². The molecule has 0 unspecified atom stereocenters. The number of halogens is 1. The summed E-state index contributed by atoms with van der Waals surface area (Å²) in [6, 6.07) is 18.0. The highest BCUT2D eigenvalue weighted by molar-refractivity contribution is 6.32. The topological polar surface area (TPSA) is 13.1 Å². The van der Waals surface area contributed by atoms with Crippen molar-refractivity contribution in [1.29, 1.82) is 0 Å². The van der Waals surface area contributed by atoms with Gasteiger partial charge in [-0.2, -0.15) is 0 Å². The van der Waals surface area contributed by atoms with Crippen LogP contribution in [0.1, 0.15) is 0 Å². The summed E-state index contributed by atoms with van der Waals surface area (Å²) in [6.45, 7) is 1.38. The summed E-state index contributed by atoms with van der Waals surface area (Å²) in [5, 5.41) is 3.12. The third-order valence-corrected chi connectivity index (χ3v) is 3.50. The lowest BCUT2D eigenvalue weighted by Crippen LogP contribution is -2.35. The molecule has 0 amide bonds. The van der Waals surface area contributed by atoms with E-state index in [1.54, 1.807) is 0 Å². The van der Waals surface area contributed by atoms with Crippen LogP contribution in [-0.2, 0) is 6.54 Å².